The van der Waals surface area contributed by atoms with E-state index in [9.17, 15) is 4.79 Å². The summed E-state index contributed by atoms with van der Waals surface area (Å²) >= 11 is 0. The van der Waals surface area contributed by atoms with Crippen LogP contribution in [0.15, 0.2) is 42.6 Å². The molecular weight excluding hydrogens is 288 g/mol. The van der Waals surface area contributed by atoms with Crippen molar-refractivity contribution < 1.29 is 4.79 Å². The second-order valence-electron chi connectivity index (χ2n) is 6.00. The average molecular weight is 310 g/mol. The third-order valence-corrected chi connectivity index (χ3v) is 4.06. The van der Waals surface area contributed by atoms with Crippen LogP contribution in [0.4, 0.5) is 17.2 Å². The first kappa shape index (κ1) is 15.3. The minimum Gasteiger partial charge on any atom is -0.378 e. The Morgan fingerprint density at radius 2 is 1.96 bits per heavy atom. The van der Waals surface area contributed by atoms with Gasteiger partial charge in [-0.3, -0.25) is 4.79 Å². The normalized spacial score (nSPS) is 13.9. The van der Waals surface area contributed by atoms with E-state index in [1.54, 1.807) is 6.20 Å². The van der Waals surface area contributed by atoms with Crippen LogP contribution < -0.4 is 15.1 Å². The van der Waals surface area contributed by atoms with Crippen molar-refractivity contribution in [2.24, 2.45) is 0 Å². The van der Waals surface area contributed by atoms with Crippen molar-refractivity contribution >= 4 is 23.1 Å². The summed E-state index contributed by atoms with van der Waals surface area (Å²) in [4.78, 5) is 21.1. The molecule has 3 rings (SSSR count). The van der Waals surface area contributed by atoms with E-state index < -0.39 is 0 Å². The standard InChI is InChI=1S/C18H22N4O/c1-21(2)16-7-5-6-14(12-16)18(23)20-15-8-9-17(19-13-15)22-10-3-4-11-22/h5-9,12-13H,3-4,10-11H2,1-2H3,(H,20,23). The van der Waals surface area contributed by atoms with Crippen LogP contribution in [0.1, 0.15) is 23.2 Å². The highest BCUT2D eigenvalue weighted by Crippen LogP contribution is 2.20. The minimum atomic E-state index is -0.121. The van der Waals surface area contributed by atoms with Crippen LogP contribution in [0.3, 0.4) is 0 Å². The SMILES string of the molecule is CN(C)c1cccc(C(=O)Nc2ccc(N3CCCC3)nc2)c1. The van der Waals surface area contributed by atoms with E-state index in [4.69, 9.17) is 0 Å². The maximum absolute atomic E-state index is 12.4. The summed E-state index contributed by atoms with van der Waals surface area (Å²) in [5, 5.41) is 2.90. The summed E-state index contributed by atoms with van der Waals surface area (Å²) in [6, 6.07) is 11.4. The molecule has 1 saturated heterocycles. The lowest BCUT2D eigenvalue weighted by atomic mass is 10.2. The summed E-state index contributed by atoms with van der Waals surface area (Å²) in [5.74, 6) is 0.861. The van der Waals surface area contributed by atoms with Crippen molar-refractivity contribution in [2.75, 3.05) is 42.3 Å². The number of pyridine rings is 1. The number of carbonyl (C=O) groups excluding carboxylic acids is 1. The topological polar surface area (TPSA) is 48.5 Å². The van der Waals surface area contributed by atoms with Gasteiger partial charge >= 0.3 is 0 Å². The molecule has 2 aromatic rings. The zero-order valence-corrected chi connectivity index (χ0v) is 13.6. The van der Waals surface area contributed by atoms with Gasteiger partial charge in [0.15, 0.2) is 0 Å². The van der Waals surface area contributed by atoms with E-state index in [0.29, 0.717) is 11.3 Å². The summed E-state index contributed by atoms with van der Waals surface area (Å²) in [7, 11) is 3.91. The highest BCUT2D eigenvalue weighted by atomic mass is 16.1. The van der Waals surface area contributed by atoms with Crippen LogP contribution in [0.25, 0.3) is 0 Å². The van der Waals surface area contributed by atoms with Gasteiger partial charge in [0.2, 0.25) is 0 Å². The van der Waals surface area contributed by atoms with Crippen molar-refractivity contribution in [2.45, 2.75) is 12.8 Å². The lowest BCUT2D eigenvalue weighted by Crippen LogP contribution is -2.19. The van der Waals surface area contributed by atoms with E-state index in [1.807, 2.05) is 55.4 Å². The van der Waals surface area contributed by atoms with Crippen LogP contribution >= 0.6 is 0 Å². The highest BCUT2D eigenvalue weighted by molar-refractivity contribution is 6.04. The molecule has 0 spiro atoms. The second kappa shape index (κ2) is 6.69. The fraction of sp³-hybridized carbons (Fsp3) is 0.333. The number of rotatable bonds is 4. The van der Waals surface area contributed by atoms with Crippen molar-refractivity contribution in [3.63, 3.8) is 0 Å². The molecule has 1 aliphatic heterocycles. The molecule has 120 valence electrons. The number of aromatic nitrogens is 1. The van der Waals surface area contributed by atoms with Crippen molar-refractivity contribution in [1.82, 2.24) is 4.98 Å². The van der Waals surface area contributed by atoms with E-state index >= 15 is 0 Å². The molecule has 0 saturated carbocycles. The number of nitrogens with one attached hydrogen (secondary N) is 1. The molecule has 0 unspecified atom stereocenters. The van der Waals surface area contributed by atoms with Gasteiger partial charge in [0.25, 0.3) is 5.91 Å². The Morgan fingerprint density at radius 3 is 2.61 bits per heavy atom. The summed E-state index contributed by atoms with van der Waals surface area (Å²) in [6.07, 6.45) is 4.17. The van der Waals surface area contributed by atoms with Crippen LogP contribution in [-0.4, -0.2) is 38.1 Å². The predicted octanol–water partition coefficient (Wildman–Crippen LogP) is 3.00. The molecule has 23 heavy (non-hydrogen) atoms. The van der Waals surface area contributed by atoms with Gasteiger partial charge in [-0.25, -0.2) is 4.98 Å². The molecule has 1 aromatic carbocycles. The molecule has 0 radical (unpaired) electrons. The van der Waals surface area contributed by atoms with E-state index in [1.165, 1.54) is 12.8 Å². The number of carbonyl (C=O) groups is 1. The van der Waals surface area contributed by atoms with Crippen molar-refractivity contribution in [3.05, 3.63) is 48.2 Å². The fourth-order valence-corrected chi connectivity index (χ4v) is 2.72. The highest BCUT2D eigenvalue weighted by Gasteiger charge is 2.13. The molecular formula is C18H22N4O. The molecule has 0 atom stereocenters. The Balaban J connectivity index is 1.68. The molecule has 1 N–H and O–H groups in total. The van der Waals surface area contributed by atoms with Gasteiger partial charge in [-0.2, -0.15) is 0 Å². The van der Waals surface area contributed by atoms with Crippen molar-refractivity contribution in [3.8, 4) is 0 Å². The third kappa shape index (κ3) is 3.62. The third-order valence-electron chi connectivity index (χ3n) is 4.06. The number of benzene rings is 1. The summed E-state index contributed by atoms with van der Waals surface area (Å²) in [6.45, 7) is 2.13. The number of amides is 1. The number of hydrogen-bond donors (Lipinski definition) is 1. The Bertz CT molecular complexity index is 676. The van der Waals surface area contributed by atoms with E-state index in [2.05, 4.69) is 15.2 Å². The number of hydrogen-bond acceptors (Lipinski definition) is 4. The lowest BCUT2D eigenvalue weighted by molar-refractivity contribution is 0.102. The quantitative estimate of drug-likeness (QED) is 0.943. The minimum absolute atomic E-state index is 0.121. The molecule has 2 heterocycles. The Hall–Kier alpha value is -2.56. The van der Waals surface area contributed by atoms with Crippen LogP contribution in [0.2, 0.25) is 0 Å². The van der Waals surface area contributed by atoms with Crippen LogP contribution in [0.5, 0.6) is 0 Å². The average Bonchev–Trinajstić information content (AvgIpc) is 3.10. The molecule has 1 aromatic heterocycles. The maximum Gasteiger partial charge on any atom is 0.255 e. The van der Waals surface area contributed by atoms with E-state index in [-0.39, 0.29) is 5.91 Å². The molecule has 1 amide bonds. The van der Waals surface area contributed by atoms with Gasteiger partial charge in [-0.05, 0) is 43.2 Å². The van der Waals surface area contributed by atoms with Gasteiger partial charge in [0.05, 0.1) is 11.9 Å². The molecule has 1 fully saturated rings. The Morgan fingerprint density at radius 1 is 1.17 bits per heavy atom. The molecule has 0 aliphatic carbocycles. The largest absolute Gasteiger partial charge is 0.378 e. The van der Waals surface area contributed by atoms with Gasteiger partial charge in [-0.15, -0.1) is 0 Å². The smallest absolute Gasteiger partial charge is 0.255 e. The van der Waals surface area contributed by atoms with Gasteiger partial charge < -0.3 is 15.1 Å². The second-order valence-corrected chi connectivity index (χ2v) is 6.00. The summed E-state index contributed by atoms with van der Waals surface area (Å²) < 4.78 is 0. The molecule has 5 nitrogen and oxygen atoms in total. The lowest BCUT2D eigenvalue weighted by Gasteiger charge is -2.16. The zero-order chi connectivity index (χ0) is 16.2. The van der Waals surface area contributed by atoms with E-state index in [0.717, 1.165) is 24.6 Å². The molecule has 1 aliphatic rings. The monoisotopic (exact) mass is 310 g/mol. The van der Waals surface area contributed by atoms with Crippen molar-refractivity contribution in [1.29, 1.82) is 0 Å². The first-order chi connectivity index (χ1) is 11.1. The number of nitrogens with zero attached hydrogens (tertiary/aromatic N) is 3. The van der Waals surface area contributed by atoms with Gasteiger partial charge in [-0.1, -0.05) is 6.07 Å². The predicted molar refractivity (Wildman–Crippen MR) is 94.4 cm³/mol. The molecule has 5 heteroatoms. The first-order valence-corrected chi connectivity index (χ1v) is 7.93. The Kier molecular flexibility index (Phi) is 4.46. The van der Waals surface area contributed by atoms with Crippen LogP contribution in [0, 0.1) is 0 Å². The zero-order valence-electron chi connectivity index (χ0n) is 13.6. The summed E-state index contributed by atoms with van der Waals surface area (Å²) in [5.41, 5.74) is 2.35. The first-order valence-electron chi connectivity index (χ1n) is 7.93. The number of anilines is 3. The van der Waals surface area contributed by atoms with Gasteiger partial charge in [0, 0.05) is 38.4 Å². The maximum atomic E-state index is 12.4. The Labute approximate surface area is 136 Å². The van der Waals surface area contributed by atoms with Crippen LogP contribution in [-0.2, 0) is 0 Å². The van der Waals surface area contributed by atoms with Gasteiger partial charge in [0.1, 0.15) is 5.82 Å². The fourth-order valence-electron chi connectivity index (χ4n) is 2.72. The molecule has 0 bridgehead atoms.